The Morgan fingerprint density at radius 2 is 1.97 bits per heavy atom. The number of ether oxygens (including phenoxy) is 2. The van der Waals surface area contributed by atoms with Crippen molar-refractivity contribution < 1.29 is 14.3 Å². The van der Waals surface area contributed by atoms with Crippen LogP contribution in [-0.4, -0.2) is 50.5 Å². The molecule has 0 radical (unpaired) electrons. The lowest BCUT2D eigenvalue weighted by Gasteiger charge is -2.35. The summed E-state index contributed by atoms with van der Waals surface area (Å²) in [5.74, 6) is 0.827. The summed E-state index contributed by atoms with van der Waals surface area (Å²) in [5, 5.41) is 5.94. The van der Waals surface area contributed by atoms with Crippen LogP contribution in [0.15, 0.2) is 55.1 Å². The first kappa shape index (κ1) is 25.1. The molecule has 2 aromatic carbocycles. The SMILES string of the molecule is CCOC(=O)N1CCc2c([nH]c3ccc(Cl)cc23)C1c1ccc(OCCCCCCn2cncn2)cc1. The molecule has 0 aliphatic carbocycles. The molecule has 37 heavy (non-hydrogen) atoms. The summed E-state index contributed by atoms with van der Waals surface area (Å²) in [4.78, 5) is 22.2. The number of nitrogens with zero attached hydrogens (tertiary/aromatic N) is 4. The van der Waals surface area contributed by atoms with Crippen molar-refractivity contribution in [3.63, 3.8) is 0 Å². The van der Waals surface area contributed by atoms with Crippen molar-refractivity contribution in [3.05, 3.63) is 77.0 Å². The Morgan fingerprint density at radius 1 is 1.14 bits per heavy atom. The number of amides is 1. The molecular weight excluding hydrogens is 490 g/mol. The molecule has 4 aromatic rings. The third kappa shape index (κ3) is 5.74. The molecule has 9 heteroatoms. The van der Waals surface area contributed by atoms with Crippen molar-refractivity contribution in [3.8, 4) is 5.75 Å². The van der Waals surface area contributed by atoms with Crippen LogP contribution in [0, 0.1) is 0 Å². The van der Waals surface area contributed by atoms with Crippen LogP contribution in [0.5, 0.6) is 5.75 Å². The number of hydrogen-bond donors (Lipinski definition) is 1. The maximum atomic E-state index is 12.9. The molecule has 1 aliphatic heterocycles. The van der Waals surface area contributed by atoms with E-state index in [0.29, 0.717) is 24.8 Å². The van der Waals surface area contributed by atoms with Gasteiger partial charge in [-0.05, 0) is 74.1 Å². The highest BCUT2D eigenvalue weighted by atomic mass is 35.5. The van der Waals surface area contributed by atoms with Crippen LogP contribution >= 0.6 is 11.6 Å². The zero-order valence-electron chi connectivity index (χ0n) is 21.0. The first-order valence-electron chi connectivity index (χ1n) is 12.9. The molecule has 1 aliphatic rings. The quantitative estimate of drug-likeness (QED) is 0.253. The van der Waals surface area contributed by atoms with Crippen molar-refractivity contribution in [2.24, 2.45) is 0 Å². The summed E-state index contributed by atoms with van der Waals surface area (Å²) in [6.45, 7) is 4.32. The molecule has 1 atom stereocenters. The fraction of sp³-hybridized carbons (Fsp3) is 0.393. The first-order chi connectivity index (χ1) is 18.1. The van der Waals surface area contributed by atoms with Crippen molar-refractivity contribution in [1.82, 2.24) is 24.6 Å². The van der Waals surface area contributed by atoms with Crippen molar-refractivity contribution in [2.45, 2.75) is 51.6 Å². The van der Waals surface area contributed by atoms with Crippen molar-refractivity contribution in [1.29, 1.82) is 0 Å². The second kappa shape index (κ2) is 11.7. The van der Waals surface area contributed by atoms with E-state index in [2.05, 4.69) is 15.1 Å². The highest BCUT2D eigenvalue weighted by molar-refractivity contribution is 6.31. The van der Waals surface area contributed by atoms with E-state index in [1.54, 1.807) is 17.6 Å². The lowest BCUT2D eigenvalue weighted by molar-refractivity contribution is 0.0932. The number of halogens is 1. The number of aryl methyl sites for hydroxylation is 1. The Kier molecular flexibility index (Phi) is 7.94. The number of fused-ring (bicyclic) bond motifs is 3. The molecule has 0 bridgehead atoms. The van der Waals surface area contributed by atoms with Gasteiger partial charge in [-0.3, -0.25) is 9.58 Å². The van der Waals surface area contributed by atoms with Gasteiger partial charge < -0.3 is 14.5 Å². The fourth-order valence-electron chi connectivity index (χ4n) is 5.02. The molecule has 0 fully saturated rings. The molecule has 0 spiro atoms. The summed E-state index contributed by atoms with van der Waals surface area (Å²) in [6.07, 6.45) is 8.07. The number of carbonyl (C=O) groups excluding carboxylic acids is 1. The van der Waals surface area contributed by atoms with Gasteiger partial charge in [-0.25, -0.2) is 9.78 Å². The smallest absolute Gasteiger partial charge is 0.410 e. The number of benzene rings is 2. The number of aromatic amines is 1. The van der Waals surface area contributed by atoms with E-state index in [0.717, 1.165) is 66.6 Å². The number of rotatable bonds is 10. The van der Waals surface area contributed by atoms with Crippen LogP contribution in [0.4, 0.5) is 4.79 Å². The van der Waals surface area contributed by atoms with E-state index in [9.17, 15) is 4.79 Å². The number of unbranched alkanes of at least 4 members (excludes halogenated alkanes) is 3. The first-order valence-corrected chi connectivity index (χ1v) is 13.3. The van der Waals surface area contributed by atoms with E-state index in [1.807, 2.05) is 54.1 Å². The number of carbonyl (C=O) groups is 1. The minimum atomic E-state index is -0.306. The third-order valence-electron chi connectivity index (χ3n) is 6.80. The average molecular weight is 522 g/mol. The summed E-state index contributed by atoms with van der Waals surface area (Å²) in [7, 11) is 0. The van der Waals surface area contributed by atoms with Crippen molar-refractivity contribution in [2.75, 3.05) is 19.8 Å². The van der Waals surface area contributed by atoms with E-state index in [1.165, 1.54) is 5.56 Å². The predicted molar refractivity (Wildman–Crippen MR) is 143 cm³/mol. The molecule has 194 valence electrons. The van der Waals surface area contributed by atoms with Gasteiger partial charge in [-0.15, -0.1) is 0 Å². The second-order valence-corrected chi connectivity index (χ2v) is 9.68. The molecule has 2 aromatic heterocycles. The highest BCUT2D eigenvalue weighted by Gasteiger charge is 2.35. The molecule has 8 nitrogen and oxygen atoms in total. The number of nitrogens with one attached hydrogen (secondary N) is 1. The minimum Gasteiger partial charge on any atom is -0.494 e. The molecule has 0 saturated carbocycles. The Balaban J connectivity index is 1.25. The monoisotopic (exact) mass is 521 g/mol. The summed E-state index contributed by atoms with van der Waals surface area (Å²) < 4.78 is 13.3. The van der Waals surface area contributed by atoms with Crippen molar-refractivity contribution >= 4 is 28.6 Å². The second-order valence-electron chi connectivity index (χ2n) is 9.24. The average Bonchev–Trinajstić information content (AvgIpc) is 3.56. The molecule has 1 amide bonds. The normalized spacial score (nSPS) is 15.1. The zero-order valence-corrected chi connectivity index (χ0v) is 21.8. The third-order valence-corrected chi connectivity index (χ3v) is 7.04. The minimum absolute atomic E-state index is 0.270. The maximum Gasteiger partial charge on any atom is 0.410 e. The van der Waals surface area contributed by atoms with Crippen LogP contribution in [0.1, 0.15) is 55.5 Å². The molecule has 1 unspecified atom stereocenters. The van der Waals surface area contributed by atoms with Gasteiger partial charge in [0.1, 0.15) is 24.4 Å². The maximum absolute atomic E-state index is 12.9. The van der Waals surface area contributed by atoms with Gasteiger partial charge in [0.15, 0.2) is 0 Å². The Labute approximate surface area is 221 Å². The molecule has 3 heterocycles. The van der Waals surface area contributed by atoms with Crippen LogP contribution in [-0.2, 0) is 17.7 Å². The largest absolute Gasteiger partial charge is 0.494 e. The van der Waals surface area contributed by atoms with E-state index in [-0.39, 0.29) is 12.1 Å². The Morgan fingerprint density at radius 3 is 2.76 bits per heavy atom. The highest BCUT2D eigenvalue weighted by Crippen LogP contribution is 2.39. The summed E-state index contributed by atoms with van der Waals surface area (Å²) >= 11 is 6.29. The van der Waals surface area contributed by atoms with Gasteiger partial charge >= 0.3 is 6.09 Å². The summed E-state index contributed by atoms with van der Waals surface area (Å²) in [5.41, 5.74) is 4.24. The van der Waals surface area contributed by atoms with Gasteiger partial charge in [-0.2, -0.15) is 5.10 Å². The molecular formula is C28H32ClN5O3. The van der Waals surface area contributed by atoms with E-state index < -0.39 is 0 Å². The Hall–Kier alpha value is -3.52. The van der Waals surface area contributed by atoms with Crippen LogP contribution in [0.2, 0.25) is 5.02 Å². The van der Waals surface area contributed by atoms with Gasteiger partial charge in [0, 0.05) is 34.7 Å². The topological polar surface area (TPSA) is 85.3 Å². The fourth-order valence-corrected chi connectivity index (χ4v) is 5.20. The molecule has 1 N–H and O–H groups in total. The summed E-state index contributed by atoms with van der Waals surface area (Å²) in [6, 6.07) is 13.6. The van der Waals surface area contributed by atoms with Gasteiger partial charge in [-0.1, -0.05) is 30.2 Å². The van der Waals surface area contributed by atoms with E-state index >= 15 is 0 Å². The zero-order chi connectivity index (χ0) is 25.6. The Bertz CT molecular complexity index is 1320. The number of hydrogen-bond acceptors (Lipinski definition) is 5. The van der Waals surface area contributed by atoms with Crippen LogP contribution in [0.25, 0.3) is 10.9 Å². The predicted octanol–water partition coefficient (Wildman–Crippen LogP) is 6.16. The number of aromatic nitrogens is 4. The lowest BCUT2D eigenvalue weighted by atomic mass is 9.92. The molecule has 5 rings (SSSR count). The van der Waals surface area contributed by atoms with Gasteiger partial charge in [0.2, 0.25) is 0 Å². The molecule has 0 saturated heterocycles. The van der Waals surface area contributed by atoms with Crippen LogP contribution in [0.3, 0.4) is 0 Å². The van der Waals surface area contributed by atoms with Gasteiger partial charge in [0.05, 0.1) is 13.2 Å². The van der Waals surface area contributed by atoms with E-state index in [4.69, 9.17) is 21.1 Å². The van der Waals surface area contributed by atoms with Gasteiger partial charge in [0.25, 0.3) is 0 Å². The standard InChI is InChI=1S/C28H32ClN5O3/c1-2-36-28(35)34-15-13-23-24-17-21(29)9-12-25(24)32-26(23)27(34)20-7-10-22(11-8-20)37-16-6-4-3-5-14-33-19-30-18-31-33/h7-12,17-19,27,32H,2-6,13-16H2,1H3. The number of H-pyrrole nitrogens is 1. The van der Waals surface area contributed by atoms with Crippen LogP contribution < -0.4 is 4.74 Å². The lowest BCUT2D eigenvalue weighted by Crippen LogP contribution is -2.40.